The molecule has 13 heavy (non-hydrogen) atoms. The Bertz CT molecular complexity index is 259. The molecule has 1 aliphatic carbocycles. The lowest BCUT2D eigenvalue weighted by Gasteiger charge is -2.18. The Morgan fingerprint density at radius 2 is 2.00 bits per heavy atom. The number of aliphatic hydroxyl groups excluding tert-OH is 1. The van der Waals surface area contributed by atoms with Gasteiger partial charge in [0.25, 0.3) is 0 Å². The first-order valence-electron chi connectivity index (χ1n) is 4.59. The summed E-state index contributed by atoms with van der Waals surface area (Å²) in [4.78, 5) is 0. The van der Waals surface area contributed by atoms with Crippen LogP contribution in [-0.4, -0.2) is 31.4 Å². The molecule has 2 atom stereocenters. The van der Waals surface area contributed by atoms with Gasteiger partial charge < -0.3 is 5.11 Å². The van der Waals surface area contributed by atoms with Crippen LogP contribution in [0, 0.1) is 5.92 Å². The summed E-state index contributed by atoms with van der Waals surface area (Å²) in [6.07, 6.45) is 1.55. The molecule has 5 heteroatoms. The van der Waals surface area contributed by atoms with E-state index in [4.69, 9.17) is 5.11 Å². The summed E-state index contributed by atoms with van der Waals surface area (Å²) in [5.41, 5.74) is 0. The summed E-state index contributed by atoms with van der Waals surface area (Å²) in [7, 11) is -3.10. The van der Waals surface area contributed by atoms with Gasteiger partial charge in [-0.3, -0.25) is 0 Å². The monoisotopic (exact) mass is 207 g/mol. The fraction of sp³-hybridized carbons (Fsp3) is 1.00. The normalized spacial score (nSPS) is 22.7. The van der Waals surface area contributed by atoms with Gasteiger partial charge in [0, 0.05) is 12.6 Å². The number of hydrogen-bond donors (Lipinski definition) is 2. The van der Waals surface area contributed by atoms with Gasteiger partial charge in [-0.2, -0.15) is 0 Å². The summed E-state index contributed by atoms with van der Waals surface area (Å²) in [6.45, 7) is 3.61. The first-order valence-corrected chi connectivity index (χ1v) is 6.14. The molecule has 4 nitrogen and oxygen atoms in total. The predicted octanol–water partition coefficient (Wildman–Crippen LogP) is 0.0851. The molecule has 1 rings (SSSR count). The molecule has 0 bridgehead atoms. The van der Waals surface area contributed by atoms with Crippen molar-refractivity contribution in [2.45, 2.75) is 38.0 Å². The summed E-state index contributed by atoms with van der Waals surface area (Å²) >= 11 is 0. The molecule has 2 unspecified atom stereocenters. The second-order valence-corrected chi connectivity index (χ2v) is 5.80. The van der Waals surface area contributed by atoms with Crippen molar-refractivity contribution in [1.82, 2.24) is 4.72 Å². The van der Waals surface area contributed by atoms with Gasteiger partial charge in [0.15, 0.2) is 0 Å². The fourth-order valence-corrected chi connectivity index (χ4v) is 2.71. The molecular formula is C8H17NO3S. The number of rotatable bonds is 5. The van der Waals surface area contributed by atoms with E-state index in [2.05, 4.69) is 4.72 Å². The third-order valence-corrected chi connectivity index (χ3v) is 4.50. The van der Waals surface area contributed by atoms with E-state index in [1.165, 1.54) is 0 Å². The van der Waals surface area contributed by atoms with E-state index in [9.17, 15) is 8.42 Å². The second kappa shape index (κ2) is 3.94. The predicted molar refractivity (Wildman–Crippen MR) is 50.8 cm³/mol. The van der Waals surface area contributed by atoms with E-state index >= 15 is 0 Å². The summed E-state index contributed by atoms with van der Waals surface area (Å²) in [6, 6.07) is -0.185. The third-order valence-electron chi connectivity index (χ3n) is 2.45. The molecule has 78 valence electrons. The fourth-order valence-electron chi connectivity index (χ4n) is 1.01. The zero-order valence-corrected chi connectivity index (χ0v) is 8.84. The van der Waals surface area contributed by atoms with Crippen LogP contribution in [0.4, 0.5) is 0 Å². The molecule has 1 saturated carbocycles. The van der Waals surface area contributed by atoms with Crippen LogP contribution in [0.3, 0.4) is 0 Å². The van der Waals surface area contributed by atoms with Crippen LogP contribution in [-0.2, 0) is 10.0 Å². The van der Waals surface area contributed by atoms with Gasteiger partial charge in [-0.25, -0.2) is 13.1 Å². The molecule has 0 saturated heterocycles. The Hall–Kier alpha value is -0.130. The largest absolute Gasteiger partial charge is 0.396 e. The van der Waals surface area contributed by atoms with Crippen molar-refractivity contribution in [1.29, 1.82) is 0 Å². The van der Waals surface area contributed by atoms with Crippen molar-refractivity contribution < 1.29 is 13.5 Å². The first-order chi connectivity index (χ1) is 5.97. The van der Waals surface area contributed by atoms with E-state index < -0.39 is 10.0 Å². The molecule has 0 aliphatic heterocycles. The van der Waals surface area contributed by atoms with Gasteiger partial charge in [-0.1, -0.05) is 6.92 Å². The van der Waals surface area contributed by atoms with Crippen LogP contribution in [0.15, 0.2) is 0 Å². The molecule has 0 spiro atoms. The molecule has 0 aromatic rings. The Kier molecular flexibility index (Phi) is 3.32. The Morgan fingerprint density at radius 1 is 1.46 bits per heavy atom. The molecule has 0 radical (unpaired) electrons. The van der Waals surface area contributed by atoms with E-state index in [0.29, 0.717) is 0 Å². The lowest BCUT2D eigenvalue weighted by molar-refractivity contribution is 0.216. The minimum absolute atomic E-state index is 0.00829. The molecule has 0 aromatic carbocycles. The number of hydrogen-bond acceptors (Lipinski definition) is 3. The van der Waals surface area contributed by atoms with Gasteiger partial charge in [-0.05, 0) is 25.7 Å². The van der Waals surface area contributed by atoms with E-state index in [-0.39, 0.29) is 23.8 Å². The van der Waals surface area contributed by atoms with E-state index in [1.807, 2.05) is 6.92 Å². The summed E-state index contributed by atoms with van der Waals surface area (Å²) in [5, 5.41) is 8.64. The van der Waals surface area contributed by atoms with Gasteiger partial charge >= 0.3 is 0 Å². The first kappa shape index (κ1) is 10.9. The quantitative estimate of drug-likeness (QED) is 0.671. The van der Waals surface area contributed by atoms with Crippen molar-refractivity contribution in [3.63, 3.8) is 0 Å². The van der Waals surface area contributed by atoms with Crippen LogP contribution in [0.1, 0.15) is 26.7 Å². The minimum Gasteiger partial charge on any atom is -0.396 e. The average Bonchev–Trinajstić information content (AvgIpc) is 2.84. The smallest absolute Gasteiger partial charge is 0.214 e. The standard InChI is InChI=1S/C8H17NO3S/c1-6(5-10)7(2)9-13(11,12)8-3-4-8/h6-10H,3-5H2,1-2H3. The van der Waals surface area contributed by atoms with Crippen molar-refractivity contribution in [3.05, 3.63) is 0 Å². The molecule has 0 aromatic heterocycles. The Balaban J connectivity index is 2.47. The van der Waals surface area contributed by atoms with Crippen LogP contribution in [0.5, 0.6) is 0 Å². The third kappa shape index (κ3) is 2.93. The minimum atomic E-state index is -3.10. The molecule has 0 heterocycles. The topological polar surface area (TPSA) is 66.4 Å². The van der Waals surface area contributed by atoms with E-state index in [1.54, 1.807) is 6.92 Å². The highest BCUT2D eigenvalue weighted by Gasteiger charge is 2.36. The van der Waals surface area contributed by atoms with Gasteiger partial charge in [0.2, 0.25) is 10.0 Å². The SMILES string of the molecule is CC(CO)C(C)NS(=O)(=O)C1CC1. The van der Waals surface area contributed by atoms with Crippen LogP contribution >= 0.6 is 0 Å². The number of sulfonamides is 1. The lowest BCUT2D eigenvalue weighted by Crippen LogP contribution is -2.40. The number of nitrogens with one attached hydrogen (secondary N) is 1. The maximum atomic E-state index is 11.4. The molecule has 1 aliphatic rings. The van der Waals surface area contributed by atoms with Gasteiger partial charge in [0.1, 0.15) is 0 Å². The van der Waals surface area contributed by atoms with Crippen LogP contribution < -0.4 is 4.72 Å². The Morgan fingerprint density at radius 3 is 2.38 bits per heavy atom. The van der Waals surface area contributed by atoms with Crippen molar-refractivity contribution in [2.24, 2.45) is 5.92 Å². The van der Waals surface area contributed by atoms with Crippen LogP contribution in [0.25, 0.3) is 0 Å². The highest BCUT2D eigenvalue weighted by Crippen LogP contribution is 2.27. The summed E-state index contributed by atoms with van der Waals surface area (Å²) in [5.74, 6) is -0.0338. The maximum Gasteiger partial charge on any atom is 0.214 e. The number of aliphatic hydroxyl groups is 1. The van der Waals surface area contributed by atoms with Gasteiger partial charge in [0.05, 0.1) is 5.25 Å². The van der Waals surface area contributed by atoms with Crippen LogP contribution in [0.2, 0.25) is 0 Å². The summed E-state index contributed by atoms with van der Waals surface area (Å²) < 4.78 is 25.4. The van der Waals surface area contributed by atoms with Crippen molar-refractivity contribution >= 4 is 10.0 Å². The molecule has 0 amide bonds. The Labute approximate surface area is 79.4 Å². The zero-order valence-electron chi connectivity index (χ0n) is 8.03. The lowest BCUT2D eigenvalue weighted by atomic mass is 10.1. The molecule has 1 fully saturated rings. The highest BCUT2D eigenvalue weighted by atomic mass is 32.2. The zero-order chi connectivity index (χ0) is 10.1. The molecule has 2 N–H and O–H groups in total. The average molecular weight is 207 g/mol. The molecular weight excluding hydrogens is 190 g/mol. The maximum absolute atomic E-state index is 11.4. The van der Waals surface area contributed by atoms with Crippen molar-refractivity contribution in [3.8, 4) is 0 Å². The van der Waals surface area contributed by atoms with Crippen molar-refractivity contribution in [2.75, 3.05) is 6.61 Å². The van der Waals surface area contributed by atoms with E-state index in [0.717, 1.165) is 12.8 Å². The van der Waals surface area contributed by atoms with Gasteiger partial charge in [-0.15, -0.1) is 0 Å². The highest BCUT2D eigenvalue weighted by molar-refractivity contribution is 7.90. The second-order valence-electron chi connectivity index (χ2n) is 3.81.